The number of halogens is 2. The predicted octanol–water partition coefficient (Wildman–Crippen LogP) is 6.72. The third kappa shape index (κ3) is 3.10. The van der Waals surface area contributed by atoms with E-state index in [4.69, 9.17) is 0 Å². The van der Waals surface area contributed by atoms with Gasteiger partial charge in [-0.3, -0.25) is 0 Å². The van der Waals surface area contributed by atoms with Crippen molar-refractivity contribution in [3.05, 3.63) is 26.5 Å². The van der Waals surface area contributed by atoms with Gasteiger partial charge in [-0.05, 0) is 39.2 Å². The Morgan fingerprint density at radius 3 is 2.11 bits per heavy atom. The molecule has 0 radical (unpaired) electrons. The first-order chi connectivity index (χ1) is 8.63. The first kappa shape index (κ1) is 16.0. The summed E-state index contributed by atoms with van der Waals surface area (Å²) in [6.45, 7) is 12.0. The van der Waals surface area contributed by atoms with Crippen molar-refractivity contribution in [1.29, 1.82) is 0 Å². The molecule has 19 heavy (non-hydrogen) atoms. The molecule has 2 heterocycles. The van der Waals surface area contributed by atoms with Gasteiger partial charge in [0, 0.05) is 18.7 Å². The summed E-state index contributed by atoms with van der Waals surface area (Å²) in [5.41, 5.74) is 0. The first-order valence-corrected chi connectivity index (χ1v) is 12.4. The third-order valence-electron chi connectivity index (χ3n) is 3.95. The van der Waals surface area contributed by atoms with Crippen LogP contribution in [0.5, 0.6) is 0 Å². The Labute approximate surface area is 141 Å². The summed E-state index contributed by atoms with van der Waals surface area (Å²) in [4.78, 5) is 2.73. The molecule has 0 fully saturated rings. The zero-order valence-electron chi connectivity index (χ0n) is 11.8. The topological polar surface area (TPSA) is 0 Å². The molecule has 0 aromatic carbocycles. The molecule has 0 amide bonds. The van der Waals surface area contributed by atoms with Crippen LogP contribution in [-0.2, 0) is 0 Å². The van der Waals surface area contributed by atoms with Crippen LogP contribution in [0.3, 0.4) is 0 Å². The maximum Gasteiger partial charge on any atom is 0.100 e. The molecule has 2 rings (SSSR count). The zero-order valence-corrected chi connectivity index (χ0v) is 17.6. The van der Waals surface area contributed by atoms with Gasteiger partial charge in [-0.15, -0.1) is 22.7 Å². The summed E-state index contributed by atoms with van der Waals surface area (Å²) in [5.74, 6) is 0. The van der Waals surface area contributed by atoms with E-state index in [1.54, 1.807) is 15.8 Å². The molecule has 104 valence electrons. The van der Waals surface area contributed by atoms with Crippen molar-refractivity contribution in [2.45, 2.75) is 38.9 Å². The van der Waals surface area contributed by atoms with Gasteiger partial charge in [-0.1, -0.05) is 49.8 Å². The van der Waals surface area contributed by atoms with Crippen molar-refractivity contribution in [2.24, 2.45) is 0 Å². The van der Waals surface area contributed by atoms with E-state index in [0.717, 1.165) is 0 Å². The minimum atomic E-state index is -1.47. The fourth-order valence-corrected chi connectivity index (χ4v) is 9.70. The molecule has 0 bridgehead atoms. The molecule has 2 aromatic rings. The molecule has 5 heteroatoms. The van der Waals surface area contributed by atoms with Crippen molar-refractivity contribution in [1.82, 2.24) is 0 Å². The fourth-order valence-electron chi connectivity index (χ4n) is 1.70. The van der Waals surface area contributed by atoms with Gasteiger partial charge < -0.3 is 0 Å². The Morgan fingerprint density at radius 1 is 1.00 bits per heavy atom. The van der Waals surface area contributed by atoms with E-state index < -0.39 is 8.07 Å². The van der Waals surface area contributed by atoms with E-state index in [0.29, 0.717) is 5.04 Å². The van der Waals surface area contributed by atoms with Gasteiger partial charge in [0.1, 0.15) is 8.07 Å². The van der Waals surface area contributed by atoms with Crippen LogP contribution in [0.4, 0.5) is 0 Å². The lowest BCUT2D eigenvalue weighted by Crippen LogP contribution is -2.48. The Balaban J connectivity index is 2.48. The third-order valence-corrected chi connectivity index (χ3v) is 15.0. The van der Waals surface area contributed by atoms with Crippen LogP contribution in [0.15, 0.2) is 26.5 Å². The van der Waals surface area contributed by atoms with Crippen LogP contribution in [0.1, 0.15) is 20.8 Å². The van der Waals surface area contributed by atoms with E-state index in [-0.39, 0.29) is 0 Å². The highest BCUT2D eigenvalue weighted by molar-refractivity contribution is 9.11. The minimum Gasteiger partial charge on any atom is -0.143 e. The second-order valence-corrected chi connectivity index (χ2v) is 16.2. The highest BCUT2D eigenvalue weighted by Crippen LogP contribution is 2.42. The Bertz CT molecular complexity index is 591. The molecule has 0 N–H and O–H groups in total. The summed E-state index contributed by atoms with van der Waals surface area (Å²) in [6, 6.07) is 6.61. The van der Waals surface area contributed by atoms with Crippen LogP contribution >= 0.6 is 54.5 Å². The lowest BCUT2D eigenvalue weighted by Gasteiger charge is -2.36. The molecule has 0 unspecified atom stereocenters. The van der Waals surface area contributed by atoms with E-state index in [1.807, 2.05) is 11.3 Å². The quantitative estimate of drug-likeness (QED) is 0.457. The van der Waals surface area contributed by atoms with Crippen LogP contribution in [0, 0.1) is 0 Å². The molecule has 0 saturated carbocycles. The van der Waals surface area contributed by atoms with E-state index >= 15 is 0 Å². The van der Waals surface area contributed by atoms with Crippen molar-refractivity contribution in [3.63, 3.8) is 0 Å². The molecule has 0 atom stereocenters. The highest BCUT2D eigenvalue weighted by atomic mass is 79.9. The SMILES string of the molecule is CC(C)(C)[Si](C)(C)c1sc(-c2ccc(Br)s2)cc1Br. The van der Waals surface area contributed by atoms with E-state index in [1.165, 1.54) is 18.0 Å². The first-order valence-electron chi connectivity index (χ1n) is 6.18. The maximum absolute atomic E-state index is 3.79. The molecule has 0 aliphatic rings. The number of rotatable bonds is 2. The second-order valence-electron chi connectivity index (χ2n) is 6.27. The largest absolute Gasteiger partial charge is 0.143 e. The van der Waals surface area contributed by atoms with Crippen LogP contribution in [0.2, 0.25) is 18.1 Å². The smallest absolute Gasteiger partial charge is 0.100 e. The van der Waals surface area contributed by atoms with Crippen LogP contribution in [0.25, 0.3) is 9.75 Å². The second kappa shape index (κ2) is 5.41. The van der Waals surface area contributed by atoms with E-state index in [2.05, 4.69) is 83.9 Å². The average Bonchev–Trinajstić information content (AvgIpc) is 2.83. The van der Waals surface area contributed by atoms with Crippen molar-refractivity contribution < 1.29 is 0 Å². The standard InChI is InChI=1S/C14H18Br2S2Si/c1-14(2,3)19(4,5)13-9(15)8-11(18-13)10-6-7-12(16)17-10/h6-8H,1-5H3. The summed E-state index contributed by atoms with van der Waals surface area (Å²) < 4.78 is 4.06. The number of hydrogen-bond acceptors (Lipinski definition) is 2. The van der Waals surface area contributed by atoms with Gasteiger partial charge in [0.25, 0.3) is 0 Å². The lowest BCUT2D eigenvalue weighted by atomic mass is 10.2. The summed E-state index contributed by atoms with van der Waals surface area (Å²) >= 11 is 11.1. The predicted molar refractivity (Wildman–Crippen MR) is 99.9 cm³/mol. The minimum absolute atomic E-state index is 0.369. The normalized spacial score (nSPS) is 13.0. The Kier molecular flexibility index (Phi) is 4.54. The number of thiophene rings is 2. The van der Waals surface area contributed by atoms with Crippen LogP contribution < -0.4 is 4.50 Å². The molecule has 0 nitrogen and oxygen atoms in total. The van der Waals surface area contributed by atoms with Gasteiger partial charge >= 0.3 is 0 Å². The van der Waals surface area contributed by atoms with Gasteiger partial charge in [0.2, 0.25) is 0 Å². The van der Waals surface area contributed by atoms with Crippen LogP contribution in [-0.4, -0.2) is 8.07 Å². The molecular formula is C14H18Br2S2Si. The van der Waals surface area contributed by atoms with Gasteiger partial charge in [-0.25, -0.2) is 0 Å². The molecular weight excluding hydrogens is 420 g/mol. The van der Waals surface area contributed by atoms with Gasteiger partial charge in [0.15, 0.2) is 0 Å². The van der Waals surface area contributed by atoms with E-state index in [9.17, 15) is 0 Å². The summed E-state index contributed by atoms with van der Waals surface area (Å²) in [6.07, 6.45) is 0. The lowest BCUT2D eigenvalue weighted by molar-refractivity contribution is 0.730. The highest BCUT2D eigenvalue weighted by Gasteiger charge is 2.39. The van der Waals surface area contributed by atoms with Crippen molar-refractivity contribution in [3.8, 4) is 9.75 Å². The van der Waals surface area contributed by atoms with Gasteiger partial charge in [-0.2, -0.15) is 0 Å². The average molecular weight is 438 g/mol. The molecule has 0 aliphatic heterocycles. The van der Waals surface area contributed by atoms with Crippen molar-refractivity contribution >= 4 is 67.1 Å². The molecule has 0 spiro atoms. The maximum atomic E-state index is 3.79. The summed E-state index contributed by atoms with van der Waals surface area (Å²) in [5, 5.41) is 0.369. The molecule has 0 aliphatic carbocycles. The molecule has 2 aromatic heterocycles. The molecule has 0 saturated heterocycles. The Morgan fingerprint density at radius 2 is 1.63 bits per heavy atom. The van der Waals surface area contributed by atoms with Gasteiger partial charge in [0.05, 0.1) is 3.79 Å². The fraction of sp³-hybridized carbons (Fsp3) is 0.429. The summed E-state index contributed by atoms with van der Waals surface area (Å²) in [7, 11) is -1.47. The zero-order chi connectivity index (χ0) is 14.4. The van der Waals surface area contributed by atoms with Crippen molar-refractivity contribution in [2.75, 3.05) is 0 Å². The monoisotopic (exact) mass is 436 g/mol. The number of hydrogen-bond donors (Lipinski definition) is 0. The Hall–Kier alpha value is 0.577.